The summed E-state index contributed by atoms with van der Waals surface area (Å²) in [7, 11) is 1.28. The van der Waals surface area contributed by atoms with E-state index in [2.05, 4.69) is 14.9 Å². The predicted molar refractivity (Wildman–Crippen MR) is 54.9 cm³/mol. The fraction of sp³-hybridized carbons (Fsp3) is 0.0909. The molecule has 0 saturated heterocycles. The molecule has 17 heavy (non-hydrogen) atoms. The van der Waals surface area contributed by atoms with Crippen molar-refractivity contribution in [2.75, 3.05) is 7.11 Å². The van der Waals surface area contributed by atoms with Crippen molar-refractivity contribution in [3.8, 4) is 5.75 Å². The summed E-state index contributed by atoms with van der Waals surface area (Å²) in [6.45, 7) is 0. The first-order chi connectivity index (χ1) is 8.13. The lowest BCUT2D eigenvalue weighted by Gasteiger charge is -2.05. The van der Waals surface area contributed by atoms with Crippen molar-refractivity contribution in [1.29, 1.82) is 0 Å². The monoisotopic (exact) mass is 238 g/mol. The maximum Gasteiger partial charge on any atom is 0.216 e. The zero-order valence-corrected chi connectivity index (χ0v) is 8.83. The number of benzene rings is 1. The maximum absolute atomic E-state index is 13.6. The van der Waals surface area contributed by atoms with E-state index in [0.717, 1.165) is 12.1 Å². The zero-order valence-electron chi connectivity index (χ0n) is 8.83. The van der Waals surface area contributed by atoms with E-state index >= 15 is 0 Å². The number of carbonyl (C=O) groups excluding carboxylic acids is 1. The lowest BCUT2D eigenvalue weighted by molar-refractivity contribution is 0.102. The fourth-order valence-corrected chi connectivity index (χ4v) is 1.40. The van der Waals surface area contributed by atoms with Crippen molar-refractivity contribution in [3.63, 3.8) is 0 Å². The Morgan fingerprint density at radius 3 is 2.47 bits per heavy atom. The lowest BCUT2D eigenvalue weighted by atomic mass is 10.1. The Balaban J connectivity index is 2.49. The fourth-order valence-electron chi connectivity index (χ4n) is 1.40. The summed E-state index contributed by atoms with van der Waals surface area (Å²) < 4.78 is 31.8. The Bertz CT molecular complexity index is 530. The second-order valence-corrected chi connectivity index (χ2v) is 3.27. The number of hydrogen-bond donors (Lipinski definition) is 1. The molecule has 4 nitrogen and oxygen atoms in total. The Hall–Kier alpha value is -2.24. The molecule has 0 fully saturated rings. The minimum atomic E-state index is -0.971. The SMILES string of the molecule is COc1cc(F)c(C(=O)c2ccn[nH]2)c(F)c1. The van der Waals surface area contributed by atoms with Crippen LogP contribution >= 0.6 is 0 Å². The van der Waals surface area contributed by atoms with E-state index in [1.54, 1.807) is 0 Å². The maximum atomic E-state index is 13.6. The number of aromatic amines is 1. The third kappa shape index (κ3) is 2.01. The van der Waals surface area contributed by atoms with Gasteiger partial charge in [0.1, 0.15) is 23.1 Å². The minimum Gasteiger partial charge on any atom is -0.497 e. The third-order valence-corrected chi connectivity index (χ3v) is 2.22. The average molecular weight is 238 g/mol. The Kier molecular flexibility index (Phi) is 2.86. The molecule has 0 spiro atoms. The molecule has 0 saturated carbocycles. The molecule has 0 amide bonds. The zero-order chi connectivity index (χ0) is 12.4. The summed E-state index contributed by atoms with van der Waals surface area (Å²) in [6.07, 6.45) is 1.33. The van der Waals surface area contributed by atoms with Crippen LogP contribution in [0.2, 0.25) is 0 Å². The molecular weight excluding hydrogens is 230 g/mol. The smallest absolute Gasteiger partial charge is 0.216 e. The number of aromatic nitrogens is 2. The molecular formula is C11H8F2N2O2. The van der Waals surface area contributed by atoms with Gasteiger partial charge in [-0.25, -0.2) is 8.78 Å². The van der Waals surface area contributed by atoms with E-state index in [-0.39, 0.29) is 11.4 Å². The van der Waals surface area contributed by atoms with Crippen molar-refractivity contribution in [1.82, 2.24) is 10.2 Å². The second-order valence-electron chi connectivity index (χ2n) is 3.27. The Labute approximate surface area is 95.2 Å². The molecule has 0 radical (unpaired) electrons. The van der Waals surface area contributed by atoms with E-state index in [9.17, 15) is 13.6 Å². The molecule has 6 heteroatoms. The molecule has 0 atom stereocenters. The first-order valence-corrected chi connectivity index (χ1v) is 4.70. The molecule has 0 aliphatic rings. The van der Waals surface area contributed by atoms with Crippen LogP contribution in [0.4, 0.5) is 8.78 Å². The number of hydrogen-bond acceptors (Lipinski definition) is 3. The number of rotatable bonds is 3. The summed E-state index contributed by atoms with van der Waals surface area (Å²) >= 11 is 0. The standard InChI is InChI=1S/C11H8F2N2O2/c1-17-6-4-7(12)10(8(13)5-6)11(16)9-2-3-14-15-9/h2-5H,1H3,(H,14,15). The predicted octanol–water partition coefficient (Wildman–Crippen LogP) is 1.93. The molecule has 0 aliphatic heterocycles. The average Bonchev–Trinajstić information content (AvgIpc) is 2.81. The number of halogens is 2. The molecule has 2 rings (SSSR count). The molecule has 2 aromatic rings. The van der Waals surface area contributed by atoms with Crippen LogP contribution in [0, 0.1) is 11.6 Å². The van der Waals surface area contributed by atoms with Crippen LogP contribution in [0.5, 0.6) is 5.75 Å². The van der Waals surface area contributed by atoms with Gasteiger partial charge < -0.3 is 4.74 Å². The first kappa shape index (κ1) is 11.3. The van der Waals surface area contributed by atoms with Gasteiger partial charge >= 0.3 is 0 Å². The third-order valence-electron chi connectivity index (χ3n) is 2.22. The molecule has 88 valence electrons. The molecule has 1 aromatic carbocycles. The van der Waals surface area contributed by atoms with Gasteiger partial charge in [-0.3, -0.25) is 9.89 Å². The van der Waals surface area contributed by atoms with Gasteiger partial charge in [0.15, 0.2) is 0 Å². The van der Waals surface area contributed by atoms with Gasteiger partial charge in [0.2, 0.25) is 5.78 Å². The Morgan fingerprint density at radius 2 is 2.00 bits per heavy atom. The number of ether oxygens (including phenoxy) is 1. The highest BCUT2D eigenvalue weighted by atomic mass is 19.1. The van der Waals surface area contributed by atoms with Crippen molar-refractivity contribution in [2.45, 2.75) is 0 Å². The molecule has 0 unspecified atom stereocenters. The largest absolute Gasteiger partial charge is 0.497 e. The molecule has 1 heterocycles. The van der Waals surface area contributed by atoms with E-state index in [4.69, 9.17) is 0 Å². The number of methoxy groups -OCH3 is 1. The summed E-state index contributed by atoms with van der Waals surface area (Å²) in [5, 5.41) is 5.90. The van der Waals surface area contributed by atoms with Crippen LogP contribution in [-0.2, 0) is 0 Å². The number of nitrogens with one attached hydrogen (secondary N) is 1. The molecule has 1 N–H and O–H groups in total. The van der Waals surface area contributed by atoms with E-state index in [0.29, 0.717) is 0 Å². The van der Waals surface area contributed by atoms with Gasteiger partial charge in [0.05, 0.1) is 12.7 Å². The van der Waals surface area contributed by atoms with Crippen LogP contribution < -0.4 is 4.74 Å². The van der Waals surface area contributed by atoms with Gasteiger partial charge in [-0.15, -0.1) is 0 Å². The highest BCUT2D eigenvalue weighted by Gasteiger charge is 2.21. The summed E-state index contributed by atoms with van der Waals surface area (Å²) in [5.74, 6) is -2.72. The number of carbonyl (C=O) groups is 1. The van der Waals surface area contributed by atoms with Crippen LogP contribution in [-0.4, -0.2) is 23.1 Å². The van der Waals surface area contributed by atoms with Crippen molar-refractivity contribution < 1.29 is 18.3 Å². The number of ketones is 1. The van der Waals surface area contributed by atoms with Crippen LogP contribution in [0.25, 0.3) is 0 Å². The molecule has 0 bridgehead atoms. The minimum absolute atomic E-state index is 0.0150. The number of H-pyrrole nitrogens is 1. The summed E-state index contributed by atoms with van der Waals surface area (Å²) in [4.78, 5) is 11.8. The highest BCUT2D eigenvalue weighted by Crippen LogP contribution is 2.22. The van der Waals surface area contributed by atoms with Crippen molar-refractivity contribution in [3.05, 3.63) is 47.3 Å². The highest BCUT2D eigenvalue weighted by molar-refractivity contribution is 6.08. The normalized spacial score (nSPS) is 10.3. The van der Waals surface area contributed by atoms with Gasteiger partial charge in [0.25, 0.3) is 0 Å². The number of nitrogens with zero attached hydrogens (tertiary/aromatic N) is 1. The van der Waals surface area contributed by atoms with Gasteiger partial charge in [-0.1, -0.05) is 0 Å². The van der Waals surface area contributed by atoms with Crippen LogP contribution in [0.15, 0.2) is 24.4 Å². The van der Waals surface area contributed by atoms with Crippen LogP contribution in [0.1, 0.15) is 16.1 Å². The van der Waals surface area contributed by atoms with Gasteiger partial charge in [-0.05, 0) is 6.07 Å². The van der Waals surface area contributed by atoms with E-state index in [1.807, 2.05) is 0 Å². The van der Waals surface area contributed by atoms with Gasteiger partial charge in [-0.2, -0.15) is 5.10 Å². The Morgan fingerprint density at radius 1 is 1.35 bits per heavy atom. The lowest BCUT2D eigenvalue weighted by Crippen LogP contribution is -2.08. The second kappa shape index (κ2) is 4.32. The quantitative estimate of drug-likeness (QED) is 0.831. The topological polar surface area (TPSA) is 55.0 Å². The molecule has 0 aliphatic carbocycles. The van der Waals surface area contributed by atoms with E-state index < -0.39 is 23.0 Å². The van der Waals surface area contributed by atoms with Crippen LogP contribution in [0.3, 0.4) is 0 Å². The van der Waals surface area contributed by atoms with E-state index in [1.165, 1.54) is 19.4 Å². The van der Waals surface area contributed by atoms with Gasteiger partial charge in [0, 0.05) is 18.3 Å². The van der Waals surface area contributed by atoms with Crippen molar-refractivity contribution in [2.24, 2.45) is 0 Å². The molecule has 1 aromatic heterocycles. The van der Waals surface area contributed by atoms with Crippen molar-refractivity contribution >= 4 is 5.78 Å². The first-order valence-electron chi connectivity index (χ1n) is 4.70. The summed E-state index contributed by atoms with van der Waals surface area (Å²) in [5.41, 5.74) is -0.608. The summed E-state index contributed by atoms with van der Waals surface area (Å²) in [6, 6.07) is 3.24.